The largest absolute Gasteiger partial charge is 0.372 e. The number of aromatic nitrogens is 2. The summed E-state index contributed by atoms with van der Waals surface area (Å²) in [5, 5.41) is 3.23. The number of hydrogen-bond donors (Lipinski definition) is 1. The van der Waals surface area contributed by atoms with Crippen LogP contribution in [0.4, 0.5) is 17.2 Å². The molecular weight excluding hydrogens is 368 g/mol. The van der Waals surface area contributed by atoms with Crippen LogP contribution in [0, 0.1) is 0 Å². The second-order valence-corrected chi connectivity index (χ2v) is 6.93. The molecule has 0 spiro atoms. The van der Waals surface area contributed by atoms with Crippen LogP contribution < -0.4 is 10.2 Å². The Morgan fingerprint density at radius 1 is 1.00 bits per heavy atom. The summed E-state index contributed by atoms with van der Waals surface area (Å²) in [6, 6.07) is 9.79. The minimum Gasteiger partial charge on any atom is -0.372 e. The molecule has 8 heteroatoms. The van der Waals surface area contributed by atoms with E-state index in [2.05, 4.69) is 46.2 Å². The number of piperazine rings is 1. The summed E-state index contributed by atoms with van der Waals surface area (Å²) in [6.45, 7) is 9.86. The Labute approximate surface area is 171 Å². The highest BCUT2D eigenvalue weighted by atomic mass is 16.2. The average molecular weight is 396 g/mol. The van der Waals surface area contributed by atoms with Crippen molar-refractivity contribution in [2.75, 3.05) is 49.5 Å². The van der Waals surface area contributed by atoms with E-state index in [1.54, 1.807) is 22.8 Å². The summed E-state index contributed by atoms with van der Waals surface area (Å²) in [5.74, 6) is 0.467. The van der Waals surface area contributed by atoms with Crippen molar-refractivity contribution in [3.63, 3.8) is 0 Å². The zero-order valence-corrected chi connectivity index (χ0v) is 17.3. The Kier molecular flexibility index (Phi) is 6.64. The Bertz CT molecular complexity index is 843. The average Bonchev–Trinajstić information content (AvgIpc) is 2.75. The summed E-state index contributed by atoms with van der Waals surface area (Å²) in [7, 11) is 0. The third-order valence-corrected chi connectivity index (χ3v) is 5.17. The minimum atomic E-state index is -0.143. The number of benzene rings is 1. The van der Waals surface area contributed by atoms with E-state index in [9.17, 15) is 9.59 Å². The number of nitrogens with one attached hydrogen (secondary N) is 1. The van der Waals surface area contributed by atoms with E-state index in [-0.39, 0.29) is 11.8 Å². The van der Waals surface area contributed by atoms with Crippen LogP contribution in [0.3, 0.4) is 0 Å². The second kappa shape index (κ2) is 9.36. The topological polar surface area (TPSA) is 81.7 Å². The van der Waals surface area contributed by atoms with E-state index in [4.69, 9.17) is 0 Å². The first kappa shape index (κ1) is 20.6. The molecule has 1 N–H and O–H groups in total. The maximum absolute atomic E-state index is 12.8. The molecule has 1 aromatic carbocycles. The highest BCUT2D eigenvalue weighted by Gasteiger charge is 2.24. The highest BCUT2D eigenvalue weighted by molar-refractivity contribution is 5.93. The van der Waals surface area contributed by atoms with Gasteiger partial charge >= 0.3 is 0 Å². The smallest absolute Gasteiger partial charge is 0.272 e. The lowest BCUT2D eigenvalue weighted by Crippen LogP contribution is -2.50. The molecule has 1 fully saturated rings. The van der Waals surface area contributed by atoms with Gasteiger partial charge in [0.15, 0.2) is 0 Å². The van der Waals surface area contributed by atoms with Crippen LogP contribution in [0.15, 0.2) is 36.7 Å². The molecule has 0 saturated carbocycles. The monoisotopic (exact) mass is 396 g/mol. The van der Waals surface area contributed by atoms with Crippen molar-refractivity contribution in [1.82, 2.24) is 19.8 Å². The summed E-state index contributed by atoms with van der Waals surface area (Å²) < 4.78 is 0. The fraction of sp³-hybridized carbons (Fsp3) is 0.429. The minimum absolute atomic E-state index is 0.0395. The van der Waals surface area contributed by atoms with Crippen LogP contribution in [-0.2, 0) is 4.79 Å². The molecule has 2 heterocycles. The number of carbonyl (C=O) groups excluding carboxylic acids is 2. The maximum atomic E-state index is 12.8. The van der Waals surface area contributed by atoms with E-state index >= 15 is 0 Å². The molecule has 0 radical (unpaired) electrons. The number of rotatable bonds is 6. The lowest BCUT2D eigenvalue weighted by atomic mass is 10.2. The van der Waals surface area contributed by atoms with Gasteiger partial charge in [-0.15, -0.1) is 0 Å². The van der Waals surface area contributed by atoms with Crippen molar-refractivity contribution < 1.29 is 9.59 Å². The fourth-order valence-electron chi connectivity index (χ4n) is 3.42. The molecule has 1 aliphatic rings. The summed E-state index contributed by atoms with van der Waals surface area (Å²) in [5.41, 5.74) is 2.41. The van der Waals surface area contributed by atoms with Gasteiger partial charge in [0.2, 0.25) is 5.91 Å². The molecule has 2 aromatic rings. The molecule has 8 nitrogen and oxygen atoms in total. The Balaban J connectivity index is 1.65. The first-order chi connectivity index (χ1) is 14.0. The molecule has 1 aliphatic heterocycles. The quantitative estimate of drug-likeness (QED) is 0.807. The van der Waals surface area contributed by atoms with Crippen LogP contribution in [-0.4, -0.2) is 70.9 Å². The van der Waals surface area contributed by atoms with Gasteiger partial charge < -0.3 is 20.0 Å². The van der Waals surface area contributed by atoms with Gasteiger partial charge in [0.1, 0.15) is 17.8 Å². The van der Waals surface area contributed by atoms with Crippen LogP contribution in [0.5, 0.6) is 0 Å². The van der Waals surface area contributed by atoms with Crippen molar-refractivity contribution in [2.24, 2.45) is 0 Å². The van der Waals surface area contributed by atoms with Gasteiger partial charge in [-0.3, -0.25) is 9.59 Å². The zero-order chi connectivity index (χ0) is 20.8. The molecular formula is C21H28N6O2. The van der Waals surface area contributed by atoms with E-state index in [0.717, 1.165) is 18.8 Å². The van der Waals surface area contributed by atoms with E-state index < -0.39 is 0 Å². The first-order valence-corrected chi connectivity index (χ1v) is 10.0. The van der Waals surface area contributed by atoms with Crippen molar-refractivity contribution in [3.8, 4) is 0 Å². The molecule has 0 bridgehead atoms. The van der Waals surface area contributed by atoms with Gasteiger partial charge in [0.05, 0.1) is 0 Å². The van der Waals surface area contributed by atoms with E-state index in [1.807, 2.05) is 12.1 Å². The van der Waals surface area contributed by atoms with Gasteiger partial charge in [0, 0.05) is 63.6 Å². The Morgan fingerprint density at radius 2 is 1.62 bits per heavy atom. The number of carbonyl (C=O) groups is 2. The predicted molar refractivity (Wildman–Crippen MR) is 113 cm³/mol. The zero-order valence-electron chi connectivity index (χ0n) is 17.3. The van der Waals surface area contributed by atoms with Crippen molar-refractivity contribution in [1.29, 1.82) is 0 Å². The lowest BCUT2D eigenvalue weighted by molar-refractivity contribution is -0.130. The summed E-state index contributed by atoms with van der Waals surface area (Å²) >= 11 is 0. The third-order valence-electron chi connectivity index (χ3n) is 5.17. The van der Waals surface area contributed by atoms with Gasteiger partial charge in [-0.05, 0) is 38.1 Å². The number of anilines is 3. The van der Waals surface area contributed by atoms with E-state index in [1.165, 1.54) is 12.0 Å². The predicted octanol–water partition coefficient (Wildman–Crippen LogP) is 2.37. The normalized spacial score (nSPS) is 13.9. The molecule has 1 aromatic heterocycles. The molecule has 0 aliphatic carbocycles. The summed E-state index contributed by atoms with van der Waals surface area (Å²) in [6.07, 6.45) is 1.39. The molecule has 29 heavy (non-hydrogen) atoms. The van der Waals surface area contributed by atoms with E-state index in [0.29, 0.717) is 37.7 Å². The molecule has 3 rings (SSSR count). The molecule has 154 valence electrons. The maximum Gasteiger partial charge on any atom is 0.272 e. The number of amides is 2. The lowest BCUT2D eigenvalue weighted by Gasteiger charge is -2.34. The van der Waals surface area contributed by atoms with Gasteiger partial charge in [0.25, 0.3) is 5.91 Å². The van der Waals surface area contributed by atoms with Crippen molar-refractivity contribution in [2.45, 2.75) is 20.8 Å². The van der Waals surface area contributed by atoms with Crippen molar-refractivity contribution in [3.05, 3.63) is 42.4 Å². The standard InChI is InChI=1S/C21H28N6O2/c1-4-25(5-2)18-8-6-17(7-9-18)24-20-14-19(22-15-23-20)21(29)27-12-10-26(11-13-27)16(3)28/h6-9,14-15H,4-5,10-13H2,1-3H3,(H,22,23,24). The van der Waals surface area contributed by atoms with Gasteiger partial charge in [-0.25, -0.2) is 9.97 Å². The molecule has 0 unspecified atom stereocenters. The molecule has 1 saturated heterocycles. The Morgan fingerprint density at radius 3 is 2.21 bits per heavy atom. The summed E-state index contributed by atoms with van der Waals surface area (Å²) in [4.78, 5) is 38.3. The molecule has 0 atom stereocenters. The molecule has 2 amide bonds. The first-order valence-electron chi connectivity index (χ1n) is 10.0. The number of hydrogen-bond acceptors (Lipinski definition) is 6. The highest BCUT2D eigenvalue weighted by Crippen LogP contribution is 2.20. The van der Waals surface area contributed by atoms with Crippen LogP contribution in [0.1, 0.15) is 31.3 Å². The fourth-order valence-corrected chi connectivity index (χ4v) is 3.42. The van der Waals surface area contributed by atoms with Crippen LogP contribution in [0.25, 0.3) is 0 Å². The van der Waals surface area contributed by atoms with Gasteiger partial charge in [-0.1, -0.05) is 0 Å². The SMILES string of the molecule is CCN(CC)c1ccc(Nc2cc(C(=O)N3CCN(C(C)=O)CC3)ncn2)cc1. The Hall–Kier alpha value is -3.16. The van der Waals surface area contributed by atoms with Crippen LogP contribution >= 0.6 is 0 Å². The second-order valence-electron chi connectivity index (χ2n) is 6.93. The van der Waals surface area contributed by atoms with Crippen molar-refractivity contribution >= 4 is 29.0 Å². The number of nitrogens with zero attached hydrogens (tertiary/aromatic N) is 5. The van der Waals surface area contributed by atoms with Crippen LogP contribution in [0.2, 0.25) is 0 Å². The third kappa shape index (κ3) is 5.01. The van der Waals surface area contributed by atoms with Gasteiger partial charge in [-0.2, -0.15) is 0 Å².